The molecule has 2 N–H and O–H groups in total. The summed E-state index contributed by atoms with van der Waals surface area (Å²) in [7, 11) is 2.26. The molecule has 1 fully saturated rings. The fourth-order valence-corrected chi connectivity index (χ4v) is 4.22. The fourth-order valence-electron chi connectivity index (χ4n) is 3.24. The van der Waals surface area contributed by atoms with Crippen LogP contribution in [0.5, 0.6) is 0 Å². The Morgan fingerprint density at radius 3 is 2.50 bits per heavy atom. The van der Waals surface area contributed by atoms with Crippen molar-refractivity contribution in [2.24, 2.45) is 5.73 Å². The van der Waals surface area contributed by atoms with E-state index in [0.29, 0.717) is 6.04 Å². The summed E-state index contributed by atoms with van der Waals surface area (Å²) in [5.74, 6) is 0. The Labute approximate surface area is 115 Å². The van der Waals surface area contributed by atoms with Crippen LogP contribution in [0.15, 0.2) is 6.07 Å². The molecule has 0 aromatic carbocycles. The first-order chi connectivity index (χ1) is 8.63. The zero-order valence-electron chi connectivity index (χ0n) is 11.9. The second-order valence-corrected chi connectivity index (χ2v) is 7.04. The molecular weight excluding hydrogens is 240 g/mol. The molecule has 1 aromatic heterocycles. The molecule has 3 heteroatoms. The maximum atomic E-state index is 6.05. The molecule has 102 valence electrons. The number of nitrogens with two attached hydrogens (primary N) is 1. The van der Waals surface area contributed by atoms with Crippen LogP contribution >= 0.6 is 11.3 Å². The van der Waals surface area contributed by atoms with E-state index in [1.807, 2.05) is 11.3 Å². The normalized spacial score (nSPS) is 19.4. The van der Waals surface area contributed by atoms with Crippen LogP contribution in [0, 0.1) is 13.8 Å². The third-order valence-electron chi connectivity index (χ3n) is 4.30. The van der Waals surface area contributed by atoms with Gasteiger partial charge in [-0.2, -0.15) is 0 Å². The molecule has 0 bridgehead atoms. The third-order valence-corrected chi connectivity index (χ3v) is 5.29. The van der Waals surface area contributed by atoms with Gasteiger partial charge < -0.3 is 5.73 Å². The lowest BCUT2D eigenvalue weighted by atomic mass is 9.92. The van der Waals surface area contributed by atoms with E-state index in [2.05, 4.69) is 31.9 Å². The average molecular weight is 266 g/mol. The molecule has 1 saturated carbocycles. The van der Waals surface area contributed by atoms with Crippen LogP contribution in [0.1, 0.15) is 53.5 Å². The zero-order valence-corrected chi connectivity index (χ0v) is 12.7. The molecule has 0 amide bonds. The van der Waals surface area contributed by atoms with Gasteiger partial charge in [-0.3, -0.25) is 4.90 Å². The van der Waals surface area contributed by atoms with E-state index in [9.17, 15) is 0 Å². The number of aryl methyl sites for hydroxylation is 2. The largest absolute Gasteiger partial charge is 0.329 e. The van der Waals surface area contributed by atoms with Gasteiger partial charge in [-0.1, -0.05) is 19.3 Å². The predicted molar refractivity (Wildman–Crippen MR) is 80.2 cm³/mol. The van der Waals surface area contributed by atoms with Crippen molar-refractivity contribution in [3.05, 3.63) is 21.4 Å². The Hall–Kier alpha value is -0.380. The highest BCUT2D eigenvalue weighted by Gasteiger charge is 2.26. The van der Waals surface area contributed by atoms with Crippen LogP contribution in [-0.2, 0) is 0 Å². The van der Waals surface area contributed by atoms with Gasteiger partial charge in [0.15, 0.2) is 0 Å². The van der Waals surface area contributed by atoms with Crippen LogP contribution in [0.3, 0.4) is 0 Å². The van der Waals surface area contributed by atoms with Gasteiger partial charge in [0.2, 0.25) is 0 Å². The fraction of sp³-hybridized carbons (Fsp3) is 0.733. The maximum Gasteiger partial charge on any atom is 0.0481 e. The summed E-state index contributed by atoms with van der Waals surface area (Å²) < 4.78 is 0. The van der Waals surface area contributed by atoms with Crippen molar-refractivity contribution in [1.82, 2.24) is 4.90 Å². The van der Waals surface area contributed by atoms with Crippen molar-refractivity contribution in [3.8, 4) is 0 Å². The lowest BCUT2D eigenvalue weighted by Crippen LogP contribution is -2.39. The zero-order chi connectivity index (χ0) is 13.1. The minimum atomic E-state index is 0.401. The first kappa shape index (κ1) is 14.0. The highest BCUT2D eigenvalue weighted by molar-refractivity contribution is 7.12. The van der Waals surface area contributed by atoms with Gasteiger partial charge in [0.1, 0.15) is 0 Å². The highest BCUT2D eigenvalue weighted by atomic mass is 32.1. The van der Waals surface area contributed by atoms with Crippen molar-refractivity contribution in [1.29, 1.82) is 0 Å². The maximum absolute atomic E-state index is 6.05. The number of hydrogen-bond donors (Lipinski definition) is 1. The van der Waals surface area contributed by atoms with Crippen LogP contribution in [0.25, 0.3) is 0 Å². The van der Waals surface area contributed by atoms with Crippen LogP contribution < -0.4 is 5.73 Å². The van der Waals surface area contributed by atoms with Gasteiger partial charge in [0.05, 0.1) is 0 Å². The van der Waals surface area contributed by atoms with Gasteiger partial charge in [0, 0.05) is 28.4 Å². The van der Waals surface area contributed by atoms with Crippen LogP contribution in [0.4, 0.5) is 0 Å². The number of rotatable bonds is 4. The van der Waals surface area contributed by atoms with E-state index >= 15 is 0 Å². The molecule has 1 heterocycles. The molecule has 1 aliphatic rings. The second kappa shape index (κ2) is 6.18. The number of likely N-dealkylation sites (N-methyl/N-ethyl adjacent to an activating group) is 1. The molecule has 0 aliphatic heterocycles. The molecule has 1 unspecified atom stereocenters. The topological polar surface area (TPSA) is 29.3 Å². The lowest BCUT2D eigenvalue weighted by Gasteiger charge is -2.37. The Bertz CT molecular complexity index is 380. The summed E-state index contributed by atoms with van der Waals surface area (Å²) in [5.41, 5.74) is 7.51. The summed E-state index contributed by atoms with van der Waals surface area (Å²) in [6, 6.07) is 3.46. The minimum absolute atomic E-state index is 0.401. The molecule has 1 aromatic rings. The molecule has 0 saturated heterocycles. The van der Waals surface area contributed by atoms with E-state index in [4.69, 9.17) is 5.73 Å². The molecule has 1 aliphatic carbocycles. The Balaban J connectivity index is 2.14. The number of nitrogens with zero attached hydrogens (tertiary/aromatic N) is 1. The lowest BCUT2D eigenvalue weighted by molar-refractivity contribution is 0.140. The molecule has 2 nitrogen and oxygen atoms in total. The van der Waals surface area contributed by atoms with Gasteiger partial charge in [-0.15, -0.1) is 11.3 Å². The quantitative estimate of drug-likeness (QED) is 0.901. The average Bonchev–Trinajstić information content (AvgIpc) is 2.70. The van der Waals surface area contributed by atoms with E-state index in [0.717, 1.165) is 12.6 Å². The van der Waals surface area contributed by atoms with E-state index in [-0.39, 0.29) is 0 Å². The van der Waals surface area contributed by atoms with E-state index in [1.54, 1.807) is 0 Å². The molecule has 2 rings (SSSR count). The molecule has 0 radical (unpaired) electrons. The van der Waals surface area contributed by atoms with E-state index < -0.39 is 0 Å². The summed E-state index contributed by atoms with van der Waals surface area (Å²) in [5, 5.41) is 0. The van der Waals surface area contributed by atoms with Crippen LogP contribution in [0.2, 0.25) is 0 Å². The van der Waals surface area contributed by atoms with Crippen molar-refractivity contribution < 1.29 is 0 Å². The summed E-state index contributed by atoms with van der Waals surface area (Å²) >= 11 is 1.89. The second-order valence-electron chi connectivity index (χ2n) is 5.58. The van der Waals surface area contributed by atoms with Crippen LogP contribution in [-0.4, -0.2) is 24.5 Å². The Kier molecular flexibility index (Phi) is 4.82. The van der Waals surface area contributed by atoms with Crippen molar-refractivity contribution in [2.45, 2.75) is 58.0 Å². The third kappa shape index (κ3) is 2.95. The Morgan fingerprint density at radius 1 is 1.33 bits per heavy atom. The molecular formula is C15H26N2S. The summed E-state index contributed by atoms with van der Waals surface area (Å²) in [6.45, 7) is 5.14. The van der Waals surface area contributed by atoms with Gasteiger partial charge in [-0.05, 0) is 45.4 Å². The first-order valence-electron chi connectivity index (χ1n) is 7.12. The molecule has 1 atom stereocenters. The van der Waals surface area contributed by atoms with Gasteiger partial charge >= 0.3 is 0 Å². The number of thiophene rings is 1. The van der Waals surface area contributed by atoms with Crippen molar-refractivity contribution >= 4 is 11.3 Å². The minimum Gasteiger partial charge on any atom is -0.329 e. The summed E-state index contributed by atoms with van der Waals surface area (Å²) in [4.78, 5) is 5.37. The van der Waals surface area contributed by atoms with Crippen molar-refractivity contribution in [3.63, 3.8) is 0 Å². The highest BCUT2D eigenvalue weighted by Crippen LogP contribution is 2.33. The Morgan fingerprint density at radius 2 is 2.00 bits per heavy atom. The van der Waals surface area contributed by atoms with Gasteiger partial charge in [0.25, 0.3) is 0 Å². The predicted octanol–water partition coefficient (Wildman–Crippen LogP) is 3.63. The SMILES string of the molecule is Cc1cc(C(CN)N(C)C2CCCCC2)c(C)s1. The monoisotopic (exact) mass is 266 g/mol. The van der Waals surface area contributed by atoms with Crippen molar-refractivity contribution in [2.75, 3.05) is 13.6 Å². The van der Waals surface area contributed by atoms with E-state index in [1.165, 1.54) is 47.4 Å². The molecule has 18 heavy (non-hydrogen) atoms. The summed E-state index contributed by atoms with van der Waals surface area (Å²) in [6.07, 6.45) is 6.86. The molecule has 0 spiro atoms. The van der Waals surface area contributed by atoms with Gasteiger partial charge in [-0.25, -0.2) is 0 Å². The smallest absolute Gasteiger partial charge is 0.0481 e. The first-order valence-corrected chi connectivity index (χ1v) is 7.94. The number of hydrogen-bond acceptors (Lipinski definition) is 3. The standard InChI is InChI=1S/C15H26N2S/c1-11-9-14(12(2)18-11)15(10-16)17(3)13-7-5-4-6-8-13/h9,13,15H,4-8,10,16H2,1-3H3.